The van der Waals surface area contributed by atoms with E-state index in [1.807, 2.05) is 13.0 Å². The van der Waals surface area contributed by atoms with Gasteiger partial charge in [0.05, 0.1) is 5.56 Å². The summed E-state index contributed by atoms with van der Waals surface area (Å²) in [6.45, 7) is 2.01. The molecule has 0 heterocycles. The summed E-state index contributed by atoms with van der Waals surface area (Å²) < 4.78 is 5.69. The Balaban J connectivity index is 1.64. The minimum absolute atomic E-state index is 0.181. The number of anilines is 2. The van der Waals surface area contributed by atoms with Gasteiger partial charge in [0.1, 0.15) is 5.75 Å². The molecule has 0 aliphatic heterocycles. The van der Waals surface area contributed by atoms with Crippen LogP contribution in [0.2, 0.25) is 10.0 Å². The minimum atomic E-state index is -1.00. The van der Waals surface area contributed by atoms with Crippen LogP contribution in [0, 0.1) is 6.92 Å². The van der Waals surface area contributed by atoms with Crippen molar-refractivity contribution in [2.24, 2.45) is 0 Å². The molecule has 0 saturated carbocycles. The van der Waals surface area contributed by atoms with Gasteiger partial charge in [0.15, 0.2) is 6.61 Å². The molecule has 6 nitrogen and oxygen atoms in total. The molecule has 1 amide bonds. The molecule has 0 unspecified atom stereocenters. The number of nitrogens with one attached hydrogen (secondary N) is 2. The molecule has 0 fully saturated rings. The van der Waals surface area contributed by atoms with Gasteiger partial charge in [-0.25, -0.2) is 4.79 Å². The number of benzene rings is 3. The van der Waals surface area contributed by atoms with E-state index in [2.05, 4.69) is 10.6 Å². The van der Waals surface area contributed by atoms with E-state index in [0.717, 1.165) is 11.1 Å². The van der Waals surface area contributed by atoms with Crippen LogP contribution in [0.25, 0.3) is 0 Å². The van der Waals surface area contributed by atoms with Crippen LogP contribution in [0.15, 0.2) is 60.7 Å². The van der Waals surface area contributed by atoms with Crippen molar-refractivity contribution in [3.05, 3.63) is 87.4 Å². The largest absolute Gasteiger partial charge is 0.483 e. The lowest BCUT2D eigenvalue weighted by Gasteiger charge is -2.14. The number of carbonyl (C=O) groups is 2. The van der Waals surface area contributed by atoms with Crippen LogP contribution in [-0.4, -0.2) is 23.6 Å². The summed E-state index contributed by atoms with van der Waals surface area (Å²) >= 11 is 12.2. The predicted molar refractivity (Wildman–Crippen MR) is 122 cm³/mol. The van der Waals surface area contributed by atoms with Crippen LogP contribution in [0.4, 0.5) is 11.4 Å². The molecule has 0 aromatic heterocycles. The van der Waals surface area contributed by atoms with Crippen molar-refractivity contribution in [1.29, 1.82) is 0 Å². The molecule has 3 aromatic rings. The van der Waals surface area contributed by atoms with E-state index in [0.29, 0.717) is 33.7 Å². The highest BCUT2D eigenvalue weighted by atomic mass is 35.5. The lowest BCUT2D eigenvalue weighted by atomic mass is 10.1. The zero-order valence-corrected chi connectivity index (χ0v) is 18.1. The first kappa shape index (κ1) is 22.5. The van der Waals surface area contributed by atoms with E-state index in [1.54, 1.807) is 42.5 Å². The zero-order valence-electron chi connectivity index (χ0n) is 16.6. The first-order valence-corrected chi connectivity index (χ1v) is 10.1. The van der Waals surface area contributed by atoms with Crippen molar-refractivity contribution in [2.45, 2.75) is 13.5 Å². The Kier molecular flexibility index (Phi) is 7.39. The van der Waals surface area contributed by atoms with Gasteiger partial charge in [0.2, 0.25) is 0 Å². The lowest BCUT2D eigenvalue weighted by Crippen LogP contribution is -2.20. The van der Waals surface area contributed by atoms with E-state index < -0.39 is 5.97 Å². The first-order valence-electron chi connectivity index (χ1n) is 9.36. The Morgan fingerprint density at radius 2 is 1.81 bits per heavy atom. The molecule has 0 atom stereocenters. The van der Waals surface area contributed by atoms with E-state index in [1.165, 1.54) is 12.1 Å². The third-order valence-corrected chi connectivity index (χ3v) is 5.07. The molecule has 3 aromatic carbocycles. The molecule has 0 saturated heterocycles. The van der Waals surface area contributed by atoms with Gasteiger partial charge in [-0.1, -0.05) is 35.3 Å². The Hall–Kier alpha value is -3.22. The monoisotopic (exact) mass is 458 g/mol. The summed E-state index contributed by atoms with van der Waals surface area (Å²) in [5.74, 6) is -0.845. The third-order valence-electron chi connectivity index (χ3n) is 4.43. The van der Waals surface area contributed by atoms with Crippen LogP contribution in [0.5, 0.6) is 5.75 Å². The van der Waals surface area contributed by atoms with E-state index in [4.69, 9.17) is 33.0 Å². The molecule has 160 valence electrons. The average Bonchev–Trinajstić information content (AvgIpc) is 2.74. The number of carboxylic acids is 1. The summed E-state index contributed by atoms with van der Waals surface area (Å²) in [5.41, 5.74) is 3.04. The quantitative estimate of drug-likeness (QED) is 0.407. The molecule has 0 spiro atoms. The second-order valence-corrected chi connectivity index (χ2v) is 7.64. The number of hydrogen-bond acceptors (Lipinski definition) is 4. The summed E-state index contributed by atoms with van der Waals surface area (Å²) in [6.07, 6.45) is 0. The molecule has 0 radical (unpaired) electrons. The van der Waals surface area contributed by atoms with E-state index in [-0.39, 0.29) is 18.1 Å². The summed E-state index contributed by atoms with van der Waals surface area (Å²) in [5, 5.41) is 16.1. The number of amides is 1. The fourth-order valence-corrected chi connectivity index (χ4v) is 3.17. The molecule has 3 N–H and O–H groups in total. The number of ether oxygens (including phenoxy) is 1. The van der Waals surface area contributed by atoms with E-state index >= 15 is 0 Å². The minimum Gasteiger partial charge on any atom is -0.483 e. The van der Waals surface area contributed by atoms with Gasteiger partial charge in [-0.3, -0.25) is 4.79 Å². The second kappa shape index (κ2) is 10.2. The van der Waals surface area contributed by atoms with Gasteiger partial charge in [-0.05, 0) is 61.0 Å². The Morgan fingerprint density at radius 1 is 1.00 bits per heavy atom. The Morgan fingerprint density at radius 3 is 2.55 bits per heavy atom. The molecule has 31 heavy (non-hydrogen) atoms. The number of hydrogen-bond donors (Lipinski definition) is 3. The average molecular weight is 459 g/mol. The number of aromatic carboxylic acids is 1. The molecule has 0 aliphatic rings. The molecular formula is C23H20Cl2N2O4. The lowest BCUT2D eigenvalue weighted by molar-refractivity contribution is -0.118. The number of carboxylic acid groups (broad SMARTS) is 1. The first-order chi connectivity index (χ1) is 14.8. The summed E-state index contributed by atoms with van der Waals surface area (Å²) in [7, 11) is 0. The number of aryl methyl sites for hydroxylation is 1. The SMILES string of the molecule is Cc1ccc(NC(=O)COc2ccc(Cl)cc2CNc2cccc(C(=O)O)c2)cc1Cl. The molecule has 0 bridgehead atoms. The highest BCUT2D eigenvalue weighted by molar-refractivity contribution is 6.31. The van der Waals surface area contributed by atoms with Gasteiger partial charge in [-0.2, -0.15) is 0 Å². The smallest absolute Gasteiger partial charge is 0.335 e. The Labute approximate surface area is 189 Å². The van der Waals surface area contributed by atoms with Gasteiger partial charge >= 0.3 is 5.97 Å². The van der Waals surface area contributed by atoms with Crippen molar-refractivity contribution in [1.82, 2.24) is 0 Å². The van der Waals surface area contributed by atoms with Crippen LogP contribution < -0.4 is 15.4 Å². The fraction of sp³-hybridized carbons (Fsp3) is 0.130. The van der Waals surface area contributed by atoms with Crippen molar-refractivity contribution < 1.29 is 19.4 Å². The van der Waals surface area contributed by atoms with Crippen molar-refractivity contribution in [3.63, 3.8) is 0 Å². The number of rotatable bonds is 8. The zero-order chi connectivity index (χ0) is 22.4. The highest BCUT2D eigenvalue weighted by Crippen LogP contribution is 2.25. The normalized spacial score (nSPS) is 10.4. The third kappa shape index (κ3) is 6.38. The second-order valence-electron chi connectivity index (χ2n) is 6.79. The van der Waals surface area contributed by atoms with Crippen LogP contribution in [0.1, 0.15) is 21.5 Å². The maximum absolute atomic E-state index is 12.3. The maximum Gasteiger partial charge on any atom is 0.335 e. The summed E-state index contributed by atoms with van der Waals surface area (Å²) in [6, 6.07) is 16.8. The predicted octanol–water partition coefficient (Wildman–Crippen LogP) is 5.63. The van der Waals surface area contributed by atoms with Gasteiger partial charge in [-0.15, -0.1) is 0 Å². The number of carbonyl (C=O) groups excluding carboxylic acids is 1. The Bertz CT molecular complexity index is 1120. The molecule has 3 rings (SSSR count). The van der Waals surface area contributed by atoms with Crippen molar-refractivity contribution >= 4 is 46.5 Å². The van der Waals surface area contributed by atoms with Crippen molar-refractivity contribution in [2.75, 3.05) is 17.2 Å². The maximum atomic E-state index is 12.3. The fourth-order valence-electron chi connectivity index (χ4n) is 2.80. The topological polar surface area (TPSA) is 87.7 Å². The molecule has 8 heteroatoms. The van der Waals surface area contributed by atoms with Gasteiger partial charge < -0.3 is 20.5 Å². The molecular weight excluding hydrogens is 439 g/mol. The van der Waals surface area contributed by atoms with Crippen molar-refractivity contribution in [3.8, 4) is 5.75 Å². The standard InChI is InChI=1S/C23H20Cl2N2O4/c1-14-5-7-19(11-20(14)25)27-22(28)13-31-21-8-6-17(24)9-16(21)12-26-18-4-2-3-15(10-18)23(29)30/h2-11,26H,12-13H2,1H3,(H,27,28)(H,29,30). The summed E-state index contributed by atoms with van der Waals surface area (Å²) in [4.78, 5) is 23.4. The van der Waals surface area contributed by atoms with Gasteiger partial charge in [0, 0.05) is 33.5 Å². The number of halogens is 2. The van der Waals surface area contributed by atoms with Crippen LogP contribution in [0.3, 0.4) is 0 Å². The van der Waals surface area contributed by atoms with Crippen LogP contribution >= 0.6 is 23.2 Å². The van der Waals surface area contributed by atoms with Crippen LogP contribution in [-0.2, 0) is 11.3 Å². The van der Waals surface area contributed by atoms with Gasteiger partial charge in [0.25, 0.3) is 5.91 Å². The molecule has 0 aliphatic carbocycles. The highest BCUT2D eigenvalue weighted by Gasteiger charge is 2.10. The van der Waals surface area contributed by atoms with E-state index in [9.17, 15) is 9.59 Å².